The number of aromatic nitrogens is 1. The highest BCUT2D eigenvalue weighted by Gasteiger charge is 2.48. The Hall–Kier alpha value is -2.14. The Kier molecular flexibility index (Phi) is 9.62. The van der Waals surface area contributed by atoms with Gasteiger partial charge in [0.1, 0.15) is 23.8 Å². The molecule has 3 aromatic rings. The van der Waals surface area contributed by atoms with Crippen molar-refractivity contribution in [3.63, 3.8) is 0 Å². The predicted molar refractivity (Wildman–Crippen MR) is 170 cm³/mol. The summed E-state index contributed by atoms with van der Waals surface area (Å²) in [5, 5.41) is 17.3. The Balaban J connectivity index is 1.08. The van der Waals surface area contributed by atoms with E-state index in [1.54, 1.807) is 24.3 Å². The summed E-state index contributed by atoms with van der Waals surface area (Å²) in [5.41, 5.74) is 1.73. The van der Waals surface area contributed by atoms with Gasteiger partial charge in [0.15, 0.2) is 0 Å². The van der Waals surface area contributed by atoms with Crippen LogP contribution in [0.15, 0.2) is 40.9 Å². The molecule has 1 unspecified atom stereocenters. The van der Waals surface area contributed by atoms with Gasteiger partial charge in [0.25, 0.3) is 11.3 Å². The third-order valence-corrected chi connectivity index (χ3v) is 10.8. The molecule has 3 aliphatic rings. The second-order valence-electron chi connectivity index (χ2n) is 12.4. The van der Waals surface area contributed by atoms with Gasteiger partial charge >= 0.3 is 0 Å². The second-order valence-corrected chi connectivity index (χ2v) is 14.3. The Labute approximate surface area is 274 Å². The minimum Gasteiger partial charge on any atom is -0.489 e. The highest BCUT2D eigenvalue weighted by molar-refractivity contribution is 7.77. The van der Waals surface area contributed by atoms with Gasteiger partial charge in [0, 0.05) is 23.0 Å². The lowest BCUT2D eigenvalue weighted by Crippen LogP contribution is -2.44. The topological polar surface area (TPSA) is 122 Å². The summed E-state index contributed by atoms with van der Waals surface area (Å²) in [6, 6.07) is 10.8. The molecular formula is C32H35Cl3N2O6S. The van der Waals surface area contributed by atoms with Crippen LogP contribution < -0.4 is 9.46 Å². The van der Waals surface area contributed by atoms with Crippen LogP contribution in [0.4, 0.5) is 0 Å². The van der Waals surface area contributed by atoms with E-state index >= 15 is 0 Å². The van der Waals surface area contributed by atoms with Crippen LogP contribution in [-0.2, 0) is 28.3 Å². The van der Waals surface area contributed by atoms with Gasteiger partial charge in [-0.15, -0.1) is 0 Å². The highest BCUT2D eigenvalue weighted by Crippen LogP contribution is 2.53. The maximum Gasteiger partial charge on any atom is 0.261 e. The molecule has 3 aliphatic carbocycles. The summed E-state index contributed by atoms with van der Waals surface area (Å²) >= 11 is 17.4. The minimum atomic E-state index is -2.32. The predicted octanol–water partition coefficient (Wildman–Crippen LogP) is 8.20. The molecule has 0 saturated heterocycles. The van der Waals surface area contributed by atoms with E-state index in [2.05, 4.69) is 9.88 Å². The van der Waals surface area contributed by atoms with Crippen molar-refractivity contribution in [2.75, 3.05) is 0 Å². The van der Waals surface area contributed by atoms with Gasteiger partial charge in [-0.3, -0.25) is 14.1 Å². The van der Waals surface area contributed by atoms with Crippen molar-refractivity contribution in [1.29, 1.82) is 0 Å². The van der Waals surface area contributed by atoms with Gasteiger partial charge in [-0.2, -0.15) is 0 Å². The Morgan fingerprint density at radius 3 is 2.30 bits per heavy atom. The van der Waals surface area contributed by atoms with Crippen molar-refractivity contribution in [2.45, 2.75) is 82.3 Å². The zero-order chi connectivity index (χ0) is 31.0. The summed E-state index contributed by atoms with van der Waals surface area (Å²) < 4.78 is 33.9. The van der Waals surface area contributed by atoms with Gasteiger partial charge in [-0.1, -0.05) is 77.8 Å². The zero-order valence-corrected chi connectivity index (χ0v) is 27.2. The number of aliphatic hydroxyl groups is 1. The molecule has 0 spiro atoms. The van der Waals surface area contributed by atoms with Gasteiger partial charge < -0.3 is 14.4 Å². The molecule has 0 aliphatic heterocycles. The molecule has 12 heteroatoms. The molecule has 3 fully saturated rings. The van der Waals surface area contributed by atoms with Crippen LogP contribution in [0.3, 0.4) is 0 Å². The van der Waals surface area contributed by atoms with Gasteiger partial charge in [0.2, 0.25) is 5.91 Å². The number of benzene rings is 2. The number of ether oxygens (including phenoxy) is 1. The third-order valence-electron chi connectivity index (χ3n) is 9.47. The van der Waals surface area contributed by atoms with Crippen molar-refractivity contribution in [3.05, 3.63) is 68.4 Å². The smallest absolute Gasteiger partial charge is 0.261 e. The number of carbonyl (C=O) groups excluding carboxylic acids is 1. The number of halogens is 3. The van der Waals surface area contributed by atoms with Crippen LogP contribution in [-0.4, -0.2) is 24.9 Å². The SMILES string of the molecule is O=C(NS(=O)O)C1CCCC(C2CC(O)(c3ccc(OCc4c(-c5c(Cl)cccc5Cl)noc4C4CC4)cc3Cl)C2)CCC1. The van der Waals surface area contributed by atoms with Crippen molar-refractivity contribution in [1.82, 2.24) is 9.88 Å². The average molecular weight is 682 g/mol. The summed E-state index contributed by atoms with van der Waals surface area (Å²) in [5.74, 6) is 1.95. The zero-order valence-electron chi connectivity index (χ0n) is 24.1. The van der Waals surface area contributed by atoms with Crippen LogP contribution in [0.5, 0.6) is 5.75 Å². The number of hydrogen-bond donors (Lipinski definition) is 3. The summed E-state index contributed by atoms with van der Waals surface area (Å²) in [6.07, 6.45) is 8.44. The lowest BCUT2D eigenvalue weighted by molar-refractivity contribution is -0.124. The van der Waals surface area contributed by atoms with Crippen molar-refractivity contribution < 1.29 is 27.9 Å². The van der Waals surface area contributed by atoms with Crippen molar-refractivity contribution in [3.8, 4) is 17.0 Å². The van der Waals surface area contributed by atoms with E-state index < -0.39 is 16.9 Å². The molecule has 0 bridgehead atoms. The van der Waals surface area contributed by atoms with Gasteiger partial charge in [-0.25, -0.2) is 4.21 Å². The standard InChI is InChI=1S/C32H35Cl3N2O6S/c33-25-8-3-9-26(34)28(25)29-23(30(43-36-29)19-10-11-19)17-42-22-12-13-24(27(35)14-22)32(39)15-21(16-32)18-4-1-6-20(7-2-5-18)31(38)37-44(40)41/h3,8-9,12-14,18-21,39H,1-2,4-7,10-11,15-17H2,(H,37,38)(H,40,41). The first kappa shape index (κ1) is 31.8. The summed E-state index contributed by atoms with van der Waals surface area (Å²) in [6.45, 7) is 0.205. The van der Waals surface area contributed by atoms with Crippen molar-refractivity contribution in [2.24, 2.45) is 17.8 Å². The van der Waals surface area contributed by atoms with E-state index in [0.29, 0.717) is 81.1 Å². The number of carbonyl (C=O) groups is 1. The minimum absolute atomic E-state index is 0.205. The van der Waals surface area contributed by atoms with E-state index in [1.807, 2.05) is 12.1 Å². The lowest BCUT2D eigenvalue weighted by atomic mass is 9.60. The van der Waals surface area contributed by atoms with Crippen LogP contribution in [0, 0.1) is 17.8 Å². The number of nitrogens with one attached hydrogen (secondary N) is 1. The first-order valence-electron chi connectivity index (χ1n) is 15.1. The molecule has 1 aromatic heterocycles. The summed E-state index contributed by atoms with van der Waals surface area (Å²) in [4.78, 5) is 12.2. The van der Waals surface area contributed by atoms with E-state index in [4.69, 9.17) is 48.6 Å². The molecular weight excluding hydrogens is 647 g/mol. The van der Waals surface area contributed by atoms with E-state index in [9.17, 15) is 14.1 Å². The van der Waals surface area contributed by atoms with Crippen LogP contribution in [0.25, 0.3) is 11.3 Å². The van der Waals surface area contributed by atoms with Gasteiger partial charge in [0.05, 0.1) is 26.2 Å². The molecule has 6 rings (SSSR count). The largest absolute Gasteiger partial charge is 0.489 e. The average Bonchev–Trinajstić information content (AvgIpc) is 3.70. The lowest BCUT2D eigenvalue weighted by Gasteiger charge is -2.48. The van der Waals surface area contributed by atoms with Gasteiger partial charge in [-0.05, 0) is 74.6 Å². The Bertz CT molecular complexity index is 1520. The Morgan fingerprint density at radius 2 is 1.68 bits per heavy atom. The van der Waals surface area contributed by atoms with Crippen molar-refractivity contribution >= 4 is 52.0 Å². The fourth-order valence-corrected chi connectivity index (χ4v) is 8.23. The van der Waals surface area contributed by atoms with E-state index in [-0.39, 0.29) is 18.4 Å². The number of rotatable bonds is 9. The first-order valence-corrected chi connectivity index (χ1v) is 17.4. The number of hydrogen-bond acceptors (Lipinski definition) is 6. The fourth-order valence-electron chi connectivity index (χ4n) is 6.97. The molecule has 0 radical (unpaired) electrons. The molecule has 44 heavy (non-hydrogen) atoms. The van der Waals surface area contributed by atoms with Crippen LogP contribution in [0.2, 0.25) is 15.1 Å². The normalized spacial score (nSPS) is 26.2. The maximum absolute atomic E-state index is 12.2. The maximum atomic E-state index is 12.2. The number of nitrogens with zero attached hydrogens (tertiary/aromatic N) is 1. The molecule has 8 nitrogen and oxygen atoms in total. The molecule has 1 amide bonds. The van der Waals surface area contributed by atoms with E-state index in [0.717, 1.165) is 49.8 Å². The highest BCUT2D eigenvalue weighted by atomic mass is 35.5. The molecule has 2 aromatic carbocycles. The molecule has 3 N–H and O–H groups in total. The fraction of sp³-hybridized carbons (Fsp3) is 0.500. The van der Waals surface area contributed by atoms with E-state index in [1.165, 1.54) is 0 Å². The molecule has 1 atom stereocenters. The van der Waals surface area contributed by atoms with Crippen LogP contribution >= 0.6 is 34.8 Å². The quantitative estimate of drug-likeness (QED) is 0.195. The second kappa shape index (κ2) is 13.3. The third kappa shape index (κ3) is 6.83. The molecule has 236 valence electrons. The Morgan fingerprint density at radius 1 is 1.00 bits per heavy atom. The first-order chi connectivity index (χ1) is 21.1. The number of amides is 1. The van der Waals surface area contributed by atoms with Crippen LogP contribution in [0.1, 0.15) is 87.0 Å². The summed E-state index contributed by atoms with van der Waals surface area (Å²) in [7, 11) is 0. The molecule has 3 saturated carbocycles. The monoisotopic (exact) mass is 680 g/mol. The molecule has 1 heterocycles.